The molecule has 160 valence electrons. The molecule has 0 saturated heterocycles. The Kier molecular flexibility index (Phi) is 3.82. The molecule has 0 radical (unpaired) electrons. The molecular weight excluding hydrogens is 422 g/mol. The Balaban J connectivity index is 1.69. The van der Waals surface area contributed by atoms with Gasteiger partial charge in [0.2, 0.25) is 0 Å². The lowest BCUT2D eigenvalue weighted by molar-refractivity contribution is 0.103. The van der Waals surface area contributed by atoms with E-state index in [1.165, 1.54) is 0 Å². The number of rotatable bonds is 1. The van der Waals surface area contributed by atoms with Crippen LogP contribution in [0.15, 0.2) is 104 Å². The molecule has 1 spiro atoms. The quantitative estimate of drug-likeness (QED) is 0.359. The van der Waals surface area contributed by atoms with E-state index in [9.17, 15) is 4.79 Å². The summed E-state index contributed by atoms with van der Waals surface area (Å²) in [5, 5.41) is 0. The van der Waals surface area contributed by atoms with Gasteiger partial charge in [-0.1, -0.05) is 18.2 Å². The second kappa shape index (κ2) is 6.89. The fourth-order valence-corrected chi connectivity index (χ4v) is 5.31. The van der Waals surface area contributed by atoms with Gasteiger partial charge in [0.1, 0.15) is 5.41 Å². The molecule has 0 N–H and O–H groups in total. The lowest BCUT2D eigenvalue weighted by atomic mass is 9.64. The maximum atomic E-state index is 13.5. The third-order valence-corrected chi connectivity index (χ3v) is 6.59. The molecular formula is C28H17N5O. The fourth-order valence-electron chi connectivity index (χ4n) is 5.31. The van der Waals surface area contributed by atoms with Crippen molar-refractivity contribution in [2.75, 3.05) is 4.90 Å². The van der Waals surface area contributed by atoms with Gasteiger partial charge >= 0.3 is 0 Å². The van der Waals surface area contributed by atoms with Gasteiger partial charge in [0, 0.05) is 41.6 Å². The first kappa shape index (κ1) is 18.8. The van der Waals surface area contributed by atoms with Gasteiger partial charge in [-0.2, -0.15) is 0 Å². The number of aromatic nitrogens is 4. The molecule has 0 saturated carbocycles. The van der Waals surface area contributed by atoms with Crippen molar-refractivity contribution < 1.29 is 4.79 Å². The monoisotopic (exact) mass is 439 g/mol. The molecule has 0 fully saturated rings. The summed E-state index contributed by atoms with van der Waals surface area (Å²) >= 11 is 0. The van der Waals surface area contributed by atoms with Crippen LogP contribution in [-0.4, -0.2) is 25.7 Å². The van der Waals surface area contributed by atoms with Crippen molar-refractivity contribution in [1.29, 1.82) is 0 Å². The van der Waals surface area contributed by atoms with Crippen LogP contribution in [-0.2, 0) is 5.41 Å². The van der Waals surface area contributed by atoms with E-state index < -0.39 is 5.41 Å². The molecule has 1 aromatic carbocycles. The number of fused-ring (bicyclic) bond motifs is 8. The second-order valence-electron chi connectivity index (χ2n) is 8.29. The predicted octanol–water partition coefficient (Wildman–Crippen LogP) is 4.98. The second-order valence-corrected chi connectivity index (χ2v) is 8.29. The first-order chi connectivity index (χ1) is 16.8. The van der Waals surface area contributed by atoms with Gasteiger partial charge in [-0.25, -0.2) is 0 Å². The normalized spacial score (nSPS) is 14.7. The summed E-state index contributed by atoms with van der Waals surface area (Å²) in [4.78, 5) is 35.1. The number of hydrogen-bond donors (Lipinski definition) is 0. The molecule has 5 aromatic rings. The summed E-state index contributed by atoms with van der Waals surface area (Å²) in [7, 11) is 0. The molecule has 0 amide bonds. The molecule has 0 atom stereocenters. The molecule has 5 heterocycles. The van der Waals surface area contributed by atoms with Crippen LogP contribution in [0.2, 0.25) is 0 Å². The molecule has 34 heavy (non-hydrogen) atoms. The fraction of sp³-hybridized carbons (Fsp3) is 0.0357. The minimum atomic E-state index is -1.03. The predicted molar refractivity (Wildman–Crippen MR) is 128 cm³/mol. The first-order valence-electron chi connectivity index (χ1n) is 11.0. The summed E-state index contributed by atoms with van der Waals surface area (Å²) in [6, 6.07) is 25.4. The van der Waals surface area contributed by atoms with E-state index in [-0.39, 0.29) is 5.78 Å². The Labute approximate surface area is 195 Å². The van der Waals surface area contributed by atoms with E-state index in [0.29, 0.717) is 22.5 Å². The van der Waals surface area contributed by atoms with E-state index in [0.717, 1.165) is 28.5 Å². The Hall–Kier alpha value is -4.71. The molecule has 0 unspecified atom stereocenters. The molecule has 6 nitrogen and oxygen atoms in total. The van der Waals surface area contributed by atoms with Crippen molar-refractivity contribution in [2.45, 2.75) is 5.41 Å². The summed E-state index contributed by atoms with van der Waals surface area (Å²) in [5.74, 6) is -0.0859. The lowest BCUT2D eigenvalue weighted by Gasteiger charge is -2.45. The van der Waals surface area contributed by atoms with Crippen LogP contribution >= 0.6 is 0 Å². The largest absolute Gasteiger partial charge is 0.307 e. The van der Waals surface area contributed by atoms with Crippen molar-refractivity contribution >= 4 is 22.8 Å². The Morgan fingerprint density at radius 1 is 0.529 bits per heavy atom. The summed E-state index contributed by atoms with van der Waals surface area (Å²) < 4.78 is 0. The minimum Gasteiger partial charge on any atom is -0.307 e. The maximum absolute atomic E-state index is 13.5. The van der Waals surface area contributed by atoms with Crippen LogP contribution in [0.3, 0.4) is 0 Å². The van der Waals surface area contributed by atoms with Gasteiger partial charge in [0.05, 0.1) is 34.2 Å². The molecule has 1 aliphatic heterocycles. The van der Waals surface area contributed by atoms with Gasteiger partial charge in [-0.05, 0) is 60.7 Å². The van der Waals surface area contributed by atoms with Crippen LogP contribution in [0.5, 0.6) is 0 Å². The van der Waals surface area contributed by atoms with Gasteiger partial charge in [-0.3, -0.25) is 24.7 Å². The van der Waals surface area contributed by atoms with Crippen molar-refractivity contribution in [1.82, 2.24) is 19.9 Å². The van der Waals surface area contributed by atoms with Crippen LogP contribution < -0.4 is 4.90 Å². The topological polar surface area (TPSA) is 71.9 Å². The number of benzene rings is 1. The standard InChI is InChI=1S/C28H17N5O/c34-23-19-10-4-14-29-24(19)28(25-20(23)11-5-15-30-25)26-21(12-6-16-31-26)33(18-8-2-1-3-9-18)22-13-7-17-32-27(22)28/h1-17H. The van der Waals surface area contributed by atoms with Crippen LogP contribution in [0.25, 0.3) is 0 Å². The SMILES string of the molecule is O=C1c2cccnc2C2(c3ncccc31)c1ncccc1N(c1ccccc1)c1cccnc12. The zero-order chi connectivity index (χ0) is 22.7. The average Bonchev–Trinajstić information content (AvgIpc) is 2.91. The van der Waals surface area contributed by atoms with Crippen LogP contribution in [0.4, 0.5) is 17.1 Å². The lowest BCUT2D eigenvalue weighted by Crippen LogP contribution is -2.45. The molecule has 7 rings (SSSR count). The summed E-state index contributed by atoms with van der Waals surface area (Å²) in [5.41, 5.74) is 5.57. The van der Waals surface area contributed by atoms with Gasteiger partial charge in [-0.15, -0.1) is 0 Å². The number of para-hydroxylation sites is 1. The number of hydrogen-bond acceptors (Lipinski definition) is 6. The van der Waals surface area contributed by atoms with Crippen LogP contribution in [0.1, 0.15) is 38.7 Å². The van der Waals surface area contributed by atoms with E-state index >= 15 is 0 Å². The zero-order valence-corrected chi connectivity index (χ0v) is 18.0. The third-order valence-electron chi connectivity index (χ3n) is 6.59. The number of carbonyl (C=O) groups is 1. The Morgan fingerprint density at radius 2 is 1.00 bits per heavy atom. The zero-order valence-electron chi connectivity index (χ0n) is 18.0. The van der Waals surface area contributed by atoms with Crippen molar-refractivity contribution in [3.05, 3.63) is 138 Å². The molecule has 4 aromatic heterocycles. The van der Waals surface area contributed by atoms with Gasteiger partial charge < -0.3 is 4.90 Å². The average molecular weight is 439 g/mol. The minimum absolute atomic E-state index is 0.0859. The Morgan fingerprint density at radius 3 is 1.53 bits per heavy atom. The van der Waals surface area contributed by atoms with Crippen molar-refractivity contribution in [3.8, 4) is 0 Å². The van der Waals surface area contributed by atoms with Gasteiger partial charge in [0.25, 0.3) is 0 Å². The summed E-state index contributed by atoms with van der Waals surface area (Å²) in [6.07, 6.45) is 6.99. The van der Waals surface area contributed by atoms with E-state index in [4.69, 9.17) is 19.9 Å². The van der Waals surface area contributed by atoms with Crippen molar-refractivity contribution in [2.24, 2.45) is 0 Å². The molecule has 2 aliphatic rings. The highest BCUT2D eigenvalue weighted by molar-refractivity contribution is 6.13. The van der Waals surface area contributed by atoms with E-state index in [1.807, 2.05) is 42.5 Å². The Bertz CT molecular complexity index is 1500. The molecule has 1 aliphatic carbocycles. The van der Waals surface area contributed by atoms with E-state index in [2.05, 4.69) is 29.2 Å². The smallest absolute Gasteiger partial charge is 0.196 e. The van der Waals surface area contributed by atoms with Crippen molar-refractivity contribution in [3.63, 3.8) is 0 Å². The number of anilines is 3. The number of ketones is 1. The number of pyridine rings is 4. The van der Waals surface area contributed by atoms with E-state index in [1.54, 1.807) is 36.9 Å². The summed E-state index contributed by atoms with van der Waals surface area (Å²) in [6.45, 7) is 0. The molecule has 0 bridgehead atoms. The third kappa shape index (κ3) is 2.26. The number of nitrogens with zero attached hydrogens (tertiary/aromatic N) is 5. The van der Waals surface area contributed by atoms with Crippen LogP contribution in [0, 0.1) is 0 Å². The highest BCUT2D eigenvalue weighted by Gasteiger charge is 2.56. The van der Waals surface area contributed by atoms with Gasteiger partial charge in [0.15, 0.2) is 5.78 Å². The molecule has 6 heteroatoms. The maximum Gasteiger partial charge on any atom is 0.196 e. The first-order valence-corrected chi connectivity index (χ1v) is 11.0. The number of carbonyl (C=O) groups excluding carboxylic acids is 1. The highest BCUT2D eigenvalue weighted by atomic mass is 16.1. The highest BCUT2D eigenvalue weighted by Crippen LogP contribution is 2.57.